The fourth-order valence-corrected chi connectivity index (χ4v) is 13.4. The van der Waals surface area contributed by atoms with Crippen LogP contribution in [0.15, 0.2) is 183 Å². The lowest BCUT2D eigenvalue weighted by Gasteiger charge is -2.56. The number of allylic oxidation sites excluding steroid dienone is 23. The van der Waals surface area contributed by atoms with Crippen LogP contribution >= 0.6 is 0 Å². The van der Waals surface area contributed by atoms with Crippen molar-refractivity contribution in [1.29, 1.82) is 0 Å². The van der Waals surface area contributed by atoms with Gasteiger partial charge in [-0.1, -0.05) is 125 Å². The first-order valence-electron chi connectivity index (χ1n) is 22.5. The highest BCUT2D eigenvalue weighted by atomic mass is 16.1. The first-order chi connectivity index (χ1) is 28.8. The molecular weight excluding hydrogens is 717 g/mol. The zero-order valence-corrected chi connectivity index (χ0v) is 35.1. The maximum absolute atomic E-state index is 15.4. The Morgan fingerprint density at radius 3 is 2.27 bits per heavy atom. The molecule has 10 aliphatic rings. The molecule has 0 bridgehead atoms. The first kappa shape index (κ1) is 35.5. The summed E-state index contributed by atoms with van der Waals surface area (Å²) in [5, 5.41) is 0. The van der Waals surface area contributed by atoms with E-state index >= 15 is 4.79 Å². The van der Waals surface area contributed by atoms with E-state index < -0.39 is 5.41 Å². The molecular formula is C56H54N2O. The molecule has 2 heterocycles. The number of para-hydroxylation sites is 1. The lowest BCUT2D eigenvalue weighted by Crippen LogP contribution is -2.51. The number of carbonyl (C=O) groups excluding carboxylic acids is 1. The molecule has 2 aliphatic heterocycles. The predicted molar refractivity (Wildman–Crippen MR) is 242 cm³/mol. The third-order valence-electron chi connectivity index (χ3n) is 15.8. The fraction of sp³-hybridized carbons (Fsp3) is 0.339. The Balaban J connectivity index is 1.21. The van der Waals surface area contributed by atoms with E-state index in [1.54, 1.807) is 11.1 Å². The maximum Gasteiger partial charge on any atom is 0.172 e. The molecule has 3 nitrogen and oxygen atoms in total. The molecule has 12 rings (SSSR count). The summed E-state index contributed by atoms with van der Waals surface area (Å²) in [4.78, 5) is 20.6. The third-order valence-corrected chi connectivity index (χ3v) is 15.8. The van der Waals surface area contributed by atoms with Crippen molar-refractivity contribution in [3.8, 4) is 0 Å². The number of carbonyl (C=O) groups is 1. The number of rotatable bonds is 2. The van der Waals surface area contributed by atoms with E-state index in [9.17, 15) is 0 Å². The largest absolute Gasteiger partial charge is 0.314 e. The summed E-state index contributed by atoms with van der Waals surface area (Å²) in [7, 11) is 0. The van der Waals surface area contributed by atoms with Gasteiger partial charge >= 0.3 is 0 Å². The number of Topliss-reactive ketones (excluding diaryl/α,β-unsaturated/α-hetero) is 1. The quantitative estimate of drug-likeness (QED) is 0.304. The Morgan fingerprint density at radius 1 is 0.695 bits per heavy atom. The molecule has 2 aromatic rings. The van der Waals surface area contributed by atoms with Crippen LogP contribution in [-0.2, 0) is 15.6 Å². The van der Waals surface area contributed by atoms with Crippen LogP contribution in [0.2, 0.25) is 0 Å². The SMILES string of the molecule is CC1(C)C2=C(CCC=C2)N(c2ccccc2)c2ccc3c(c21)N(C1=CC=CC2C1C(=O)C1=CCCC=C1C2(C)C)C1=CCCC=C1C31C2=C(CCC=C2)C2=C1CCC=C2. The van der Waals surface area contributed by atoms with Gasteiger partial charge in [-0.15, -0.1) is 0 Å². The second-order valence-electron chi connectivity index (χ2n) is 19.4. The van der Waals surface area contributed by atoms with Crippen LogP contribution in [0.5, 0.6) is 0 Å². The molecule has 0 N–H and O–H groups in total. The molecule has 0 radical (unpaired) electrons. The van der Waals surface area contributed by atoms with E-state index in [-0.39, 0.29) is 22.7 Å². The number of nitrogens with zero attached hydrogens (tertiary/aromatic N) is 2. The molecule has 8 aliphatic carbocycles. The van der Waals surface area contributed by atoms with Crippen LogP contribution in [0.25, 0.3) is 0 Å². The summed E-state index contributed by atoms with van der Waals surface area (Å²) in [6.07, 6.45) is 41.7. The van der Waals surface area contributed by atoms with Gasteiger partial charge in [0, 0.05) is 45.2 Å². The fourth-order valence-electron chi connectivity index (χ4n) is 13.4. The predicted octanol–water partition coefficient (Wildman–Crippen LogP) is 13.6. The molecule has 0 saturated heterocycles. The van der Waals surface area contributed by atoms with Crippen molar-refractivity contribution < 1.29 is 4.79 Å². The zero-order valence-electron chi connectivity index (χ0n) is 35.1. The van der Waals surface area contributed by atoms with Crippen molar-refractivity contribution in [1.82, 2.24) is 0 Å². The monoisotopic (exact) mass is 770 g/mol. The van der Waals surface area contributed by atoms with Gasteiger partial charge in [-0.05, 0) is 138 Å². The molecule has 1 saturated carbocycles. The van der Waals surface area contributed by atoms with Gasteiger partial charge in [0.2, 0.25) is 0 Å². The number of hydrogen-bond acceptors (Lipinski definition) is 3. The van der Waals surface area contributed by atoms with Crippen LogP contribution in [0, 0.1) is 17.3 Å². The minimum atomic E-state index is -0.397. The van der Waals surface area contributed by atoms with E-state index in [0.29, 0.717) is 5.78 Å². The first-order valence-corrected chi connectivity index (χ1v) is 22.5. The molecule has 1 fully saturated rings. The molecule has 3 atom stereocenters. The molecule has 1 spiro atoms. The Morgan fingerprint density at radius 2 is 1.42 bits per heavy atom. The highest BCUT2D eigenvalue weighted by molar-refractivity contribution is 6.06. The van der Waals surface area contributed by atoms with Gasteiger partial charge in [-0.3, -0.25) is 4.79 Å². The number of ketones is 1. The van der Waals surface area contributed by atoms with Crippen molar-refractivity contribution in [2.24, 2.45) is 17.3 Å². The van der Waals surface area contributed by atoms with Crippen molar-refractivity contribution in [3.63, 3.8) is 0 Å². The molecule has 294 valence electrons. The Bertz CT molecular complexity index is 2690. The van der Waals surface area contributed by atoms with E-state index in [1.807, 2.05) is 0 Å². The summed E-state index contributed by atoms with van der Waals surface area (Å²) in [5.74, 6) is 0.0505. The topological polar surface area (TPSA) is 23.6 Å². The van der Waals surface area contributed by atoms with Crippen LogP contribution in [-0.4, -0.2) is 5.78 Å². The van der Waals surface area contributed by atoms with Crippen molar-refractivity contribution in [2.45, 2.75) is 103 Å². The van der Waals surface area contributed by atoms with E-state index in [1.165, 1.54) is 67.4 Å². The molecule has 59 heavy (non-hydrogen) atoms. The number of hydrogen-bond donors (Lipinski definition) is 0. The highest BCUT2D eigenvalue weighted by Crippen LogP contribution is 2.69. The second-order valence-corrected chi connectivity index (χ2v) is 19.4. The lowest BCUT2D eigenvalue weighted by molar-refractivity contribution is -0.121. The summed E-state index contributed by atoms with van der Waals surface area (Å²) >= 11 is 0. The summed E-state index contributed by atoms with van der Waals surface area (Å²) < 4.78 is 0. The van der Waals surface area contributed by atoms with E-state index in [0.717, 1.165) is 75.5 Å². The normalized spacial score (nSPS) is 29.0. The van der Waals surface area contributed by atoms with Crippen LogP contribution in [0.1, 0.15) is 103 Å². The molecule has 3 unspecified atom stereocenters. The van der Waals surface area contributed by atoms with Gasteiger partial charge in [-0.25, -0.2) is 0 Å². The smallest absolute Gasteiger partial charge is 0.172 e. The molecule has 0 amide bonds. The van der Waals surface area contributed by atoms with Crippen LogP contribution < -0.4 is 9.80 Å². The highest BCUT2D eigenvalue weighted by Gasteiger charge is 2.59. The van der Waals surface area contributed by atoms with Gasteiger partial charge in [0.25, 0.3) is 0 Å². The number of anilines is 3. The summed E-state index contributed by atoms with van der Waals surface area (Å²) in [6, 6.07) is 16.1. The Kier molecular flexibility index (Phi) is 7.56. The molecule has 3 heteroatoms. The van der Waals surface area contributed by atoms with Gasteiger partial charge in [0.1, 0.15) is 0 Å². The van der Waals surface area contributed by atoms with Gasteiger partial charge in [-0.2, -0.15) is 0 Å². The molecule has 0 aromatic heterocycles. The second kappa shape index (κ2) is 12.6. The van der Waals surface area contributed by atoms with Crippen molar-refractivity contribution in [2.75, 3.05) is 9.80 Å². The minimum Gasteiger partial charge on any atom is -0.314 e. The number of benzene rings is 2. The zero-order chi connectivity index (χ0) is 39.8. The van der Waals surface area contributed by atoms with Crippen LogP contribution in [0.3, 0.4) is 0 Å². The summed E-state index contributed by atoms with van der Waals surface area (Å²) in [6.45, 7) is 9.74. The van der Waals surface area contributed by atoms with Crippen molar-refractivity contribution >= 4 is 22.8 Å². The lowest BCUT2D eigenvalue weighted by atomic mass is 9.55. The van der Waals surface area contributed by atoms with E-state index in [2.05, 4.69) is 159 Å². The Hall–Kier alpha value is -5.41. The minimum absolute atomic E-state index is 0.0521. The average Bonchev–Trinajstić information content (AvgIpc) is 3.56. The summed E-state index contributed by atoms with van der Waals surface area (Å²) in [5.41, 5.74) is 20.6. The standard InChI is InChI=1S/C56H54N2O/c1-54(2)39-24-11-10-23-38(39)53(59)50-44(54)29-18-32-48(50)58-47-31-17-15-28-43(47)56(40-25-12-8-21-36(40)37-22-9-13-26-41(37)56)45-33-34-49-51(52(45)58)55(3,4)42-27-14-16-30-46(42)57(49)35-19-6-5-7-20-35/h5-8,13-14,18-21,23-24,26-29,31-34,44,50H,9-12,15-17,22,25,30H2,1-4H3. The Labute approximate surface area is 350 Å². The average molecular weight is 771 g/mol. The van der Waals surface area contributed by atoms with Gasteiger partial charge in [0.15, 0.2) is 5.78 Å². The van der Waals surface area contributed by atoms with Gasteiger partial charge in [0.05, 0.1) is 22.7 Å². The number of fused-ring (bicyclic) bond motifs is 11. The maximum atomic E-state index is 15.4. The third kappa shape index (κ3) is 4.52. The van der Waals surface area contributed by atoms with Crippen LogP contribution in [0.4, 0.5) is 17.1 Å². The van der Waals surface area contributed by atoms with Crippen molar-refractivity contribution in [3.05, 3.63) is 194 Å². The van der Waals surface area contributed by atoms with E-state index in [4.69, 9.17) is 0 Å². The van der Waals surface area contributed by atoms with Gasteiger partial charge < -0.3 is 9.80 Å². The molecule has 2 aromatic carbocycles.